The minimum absolute atomic E-state index is 0.288. The zero-order valence-corrected chi connectivity index (χ0v) is 7.65. The van der Waals surface area contributed by atoms with Gasteiger partial charge in [-0.3, -0.25) is 0 Å². The van der Waals surface area contributed by atoms with Gasteiger partial charge in [-0.1, -0.05) is 11.6 Å². The number of nitrogens with one attached hydrogen (secondary N) is 1. The van der Waals surface area contributed by atoms with Crippen LogP contribution in [-0.2, 0) is 0 Å². The molecule has 14 heavy (non-hydrogen) atoms. The Labute approximate surface area is 82.9 Å². The average molecular weight is 218 g/mol. The second kappa shape index (κ2) is 3.09. The van der Waals surface area contributed by atoms with E-state index in [1.807, 2.05) is 0 Å². The largest absolute Gasteiger partial charge is 0.397 e. The van der Waals surface area contributed by atoms with Gasteiger partial charge in [0.2, 0.25) is 0 Å². The van der Waals surface area contributed by atoms with Crippen molar-refractivity contribution in [1.82, 2.24) is 9.97 Å². The first-order valence-electron chi connectivity index (χ1n) is 3.80. The number of aromatic amines is 1. The summed E-state index contributed by atoms with van der Waals surface area (Å²) in [6, 6.07) is 2.98. The molecule has 0 aliphatic heterocycles. The summed E-state index contributed by atoms with van der Waals surface area (Å²) in [5.41, 5.74) is 6.59. The van der Waals surface area contributed by atoms with Gasteiger partial charge in [0.15, 0.2) is 5.82 Å². The molecule has 0 radical (unpaired) electrons. The summed E-state index contributed by atoms with van der Waals surface area (Å²) in [5.74, 6) is -0.394. The Hall–Kier alpha value is -1.36. The molecule has 0 saturated carbocycles. The molecular formula is C8H6ClF2N3. The van der Waals surface area contributed by atoms with E-state index in [0.29, 0.717) is 16.1 Å². The van der Waals surface area contributed by atoms with Crippen LogP contribution >= 0.6 is 11.6 Å². The van der Waals surface area contributed by atoms with Crippen LogP contribution in [0.5, 0.6) is 0 Å². The van der Waals surface area contributed by atoms with Crippen LogP contribution in [0, 0.1) is 0 Å². The average Bonchev–Trinajstić information content (AvgIpc) is 2.47. The number of hydrogen-bond donors (Lipinski definition) is 2. The summed E-state index contributed by atoms with van der Waals surface area (Å²) < 4.78 is 24.5. The highest BCUT2D eigenvalue weighted by Gasteiger charge is 2.14. The number of halogens is 3. The monoisotopic (exact) mass is 217 g/mol. The molecule has 1 aromatic carbocycles. The van der Waals surface area contributed by atoms with Crippen molar-refractivity contribution in [3.63, 3.8) is 0 Å². The van der Waals surface area contributed by atoms with Crippen LogP contribution < -0.4 is 5.73 Å². The number of nitrogens with zero attached hydrogens (tertiary/aromatic N) is 1. The smallest absolute Gasteiger partial charge is 0.295 e. The number of nitrogens with two attached hydrogens (primary N) is 1. The number of nitrogen functional groups attached to an aromatic ring is 1. The minimum Gasteiger partial charge on any atom is -0.397 e. The normalized spacial score (nSPS) is 11.4. The molecule has 2 rings (SSSR count). The molecule has 3 nitrogen and oxygen atoms in total. The maximum atomic E-state index is 12.3. The van der Waals surface area contributed by atoms with Gasteiger partial charge in [0, 0.05) is 5.02 Å². The van der Waals surface area contributed by atoms with E-state index < -0.39 is 12.2 Å². The lowest BCUT2D eigenvalue weighted by atomic mass is 10.3. The summed E-state index contributed by atoms with van der Waals surface area (Å²) in [6.45, 7) is 0. The van der Waals surface area contributed by atoms with E-state index in [4.69, 9.17) is 17.3 Å². The lowest BCUT2D eigenvalue weighted by Gasteiger charge is -1.94. The maximum absolute atomic E-state index is 12.3. The van der Waals surface area contributed by atoms with Gasteiger partial charge in [0.1, 0.15) is 5.52 Å². The van der Waals surface area contributed by atoms with Crippen LogP contribution in [0.15, 0.2) is 12.1 Å². The lowest BCUT2D eigenvalue weighted by Crippen LogP contribution is -1.87. The Balaban J connectivity index is 2.70. The summed E-state index contributed by atoms with van der Waals surface area (Å²) in [4.78, 5) is 6.11. The fraction of sp³-hybridized carbons (Fsp3) is 0.125. The quantitative estimate of drug-likeness (QED) is 0.722. The van der Waals surface area contributed by atoms with E-state index in [2.05, 4.69) is 9.97 Å². The van der Waals surface area contributed by atoms with E-state index in [0.717, 1.165) is 0 Å². The van der Waals surface area contributed by atoms with Gasteiger partial charge >= 0.3 is 0 Å². The Morgan fingerprint density at radius 2 is 2.14 bits per heavy atom. The number of H-pyrrole nitrogens is 1. The number of alkyl halides is 2. The van der Waals surface area contributed by atoms with E-state index in [9.17, 15) is 8.78 Å². The van der Waals surface area contributed by atoms with Gasteiger partial charge in [0.05, 0.1) is 11.2 Å². The van der Waals surface area contributed by atoms with E-state index in [-0.39, 0.29) is 5.69 Å². The van der Waals surface area contributed by atoms with Gasteiger partial charge in [-0.2, -0.15) is 0 Å². The Morgan fingerprint density at radius 1 is 1.43 bits per heavy atom. The zero-order valence-electron chi connectivity index (χ0n) is 6.89. The maximum Gasteiger partial charge on any atom is 0.295 e. The highest BCUT2D eigenvalue weighted by atomic mass is 35.5. The molecule has 0 aliphatic rings. The topological polar surface area (TPSA) is 54.7 Å². The van der Waals surface area contributed by atoms with Crippen molar-refractivity contribution < 1.29 is 8.78 Å². The van der Waals surface area contributed by atoms with Gasteiger partial charge < -0.3 is 10.7 Å². The molecule has 0 fully saturated rings. The fourth-order valence-corrected chi connectivity index (χ4v) is 1.46. The third-order valence-electron chi connectivity index (χ3n) is 1.81. The minimum atomic E-state index is -2.64. The van der Waals surface area contributed by atoms with Crippen molar-refractivity contribution in [2.45, 2.75) is 6.43 Å². The van der Waals surface area contributed by atoms with Crippen molar-refractivity contribution in [3.8, 4) is 0 Å². The molecule has 2 aromatic rings. The lowest BCUT2D eigenvalue weighted by molar-refractivity contribution is 0.142. The molecule has 3 N–H and O–H groups in total. The van der Waals surface area contributed by atoms with Crippen molar-refractivity contribution >= 4 is 28.3 Å². The summed E-state index contributed by atoms with van der Waals surface area (Å²) >= 11 is 5.70. The molecule has 1 heterocycles. The van der Waals surface area contributed by atoms with Crippen LogP contribution in [-0.4, -0.2) is 9.97 Å². The molecule has 0 atom stereocenters. The third-order valence-corrected chi connectivity index (χ3v) is 2.02. The zero-order chi connectivity index (χ0) is 10.3. The van der Waals surface area contributed by atoms with E-state index >= 15 is 0 Å². The van der Waals surface area contributed by atoms with Crippen LogP contribution in [0.4, 0.5) is 14.5 Å². The summed E-state index contributed by atoms with van der Waals surface area (Å²) in [6.07, 6.45) is -2.64. The predicted octanol–water partition coefficient (Wildman–Crippen LogP) is 2.74. The third kappa shape index (κ3) is 1.39. The van der Waals surface area contributed by atoms with Crippen LogP contribution in [0.25, 0.3) is 11.0 Å². The van der Waals surface area contributed by atoms with Crippen molar-refractivity contribution in [2.24, 2.45) is 0 Å². The molecule has 0 spiro atoms. The van der Waals surface area contributed by atoms with Crippen LogP contribution in [0.2, 0.25) is 5.02 Å². The molecule has 0 amide bonds. The molecule has 1 aromatic heterocycles. The second-order valence-electron chi connectivity index (χ2n) is 2.81. The molecule has 74 valence electrons. The number of benzene rings is 1. The molecule has 0 bridgehead atoms. The van der Waals surface area contributed by atoms with Gasteiger partial charge in [0.25, 0.3) is 6.43 Å². The van der Waals surface area contributed by atoms with Crippen LogP contribution in [0.1, 0.15) is 12.2 Å². The first kappa shape index (κ1) is 9.21. The highest BCUT2D eigenvalue weighted by Crippen LogP contribution is 2.26. The number of imidazole rings is 1. The number of fused-ring (bicyclic) bond motifs is 1. The molecular weight excluding hydrogens is 212 g/mol. The number of aromatic nitrogens is 2. The Kier molecular flexibility index (Phi) is 2.03. The Morgan fingerprint density at radius 3 is 2.79 bits per heavy atom. The van der Waals surface area contributed by atoms with Gasteiger partial charge in [-0.05, 0) is 12.1 Å². The molecule has 0 aliphatic carbocycles. The Bertz CT molecular complexity index is 481. The van der Waals surface area contributed by atoms with Gasteiger partial charge in [-0.25, -0.2) is 13.8 Å². The number of hydrogen-bond acceptors (Lipinski definition) is 2. The number of rotatable bonds is 1. The van der Waals surface area contributed by atoms with Gasteiger partial charge in [-0.15, -0.1) is 0 Å². The molecule has 0 unspecified atom stereocenters. The number of anilines is 1. The van der Waals surface area contributed by atoms with Crippen molar-refractivity contribution in [2.75, 3.05) is 5.73 Å². The predicted molar refractivity (Wildman–Crippen MR) is 50.5 cm³/mol. The first-order chi connectivity index (χ1) is 6.58. The summed E-state index contributed by atoms with van der Waals surface area (Å²) in [7, 11) is 0. The van der Waals surface area contributed by atoms with Crippen molar-refractivity contribution in [3.05, 3.63) is 23.0 Å². The second-order valence-corrected chi connectivity index (χ2v) is 3.25. The SMILES string of the molecule is Nc1cc(Cl)cc2[nH]c(C(F)F)nc12. The molecule has 6 heteroatoms. The fourth-order valence-electron chi connectivity index (χ4n) is 1.23. The van der Waals surface area contributed by atoms with E-state index in [1.165, 1.54) is 12.1 Å². The van der Waals surface area contributed by atoms with E-state index in [1.54, 1.807) is 0 Å². The highest BCUT2D eigenvalue weighted by molar-refractivity contribution is 6.31. The summed E-state index contributed by atoms with van der Waals surface area (Å²) in [5, 5.41) is 0.388. The first-order valence-corrected chi connectivity index (χ1v) is 4.18. The van der Waals surface area contributed by atoms with Crippen molar-refractivity contribution in [1.29, 1.82) is 0 Å². The van der Waals surface area contributed by atoms with Crippen LogP contribution in [0.3, 0.4) is 0 Å². The molecule has 0 saturated heterocycles. The standard InChI is InChI=1S/C8H6ClF2N3/c9-3-1-4(12)6-5(2-3)13-8(14-6)7(10)11/h1-2,7H,12H2,(H,13,14).